The van der Waals surface area contributed by atoms with Crippen molar-refractivity contribution in [1.82, 2.24) is 20.4 Å². The molecule has 0 amide bonds. The van der Waals surface area contributed by atoms with E-state index in [4.69, 9.17) is 4.74 Å². The summed E-state index contributed by atoms with van der Waals surface area (Å²) in [4.78, 5) is 4.26. The van der Waals surface area contributed by atoms with E-state index >= 15 is 0 Å². The van der Waals surface area contributed by atoms with Crippen molar-refractivity contribution in [2.45, 2.75) is 39.2 Å². The molecule has 0 saturated carbocycles. The average molecular weight is 358 g/mol. The maximum atomic E-state index is 5.69. The largest absolute Gasteiger partial charge is 0.494 e. The number of unbranched alkanes of at least 4 members (excludes halogenated alkanes) is 1. The van der Waals surface area contributed by atoms with Crippen molar-refractivity contribution < 1.29 is 4.74 Å². The van der Waals surface area contributed by atoms with E-state index in [2.05, 4.69) is 39.8 Å². The maximum Gasteiger partial charge on any atom is 0.190 e. The molecule has 0 saturated heterocycles. The first-order valence-corrected chi connectivity index (χ1v) is 9.45. The first-order chi connectivity index (χ1) is 12.8. The van der Waals surface area contributed by atoms with Crippen LogP contribution in [0.15, 0.2) is 47.7 Å². The van der Waals surface area contributed by atoms with Gasteiger partial charge in [-0.15, -0.1) is 0 Å². The lowest BCUT2D eigenvalue weighted by atomic mass is 10.1. The van der Waals surface area contributed by atoms with Crippen LogP contribution in [0.4, 0.5) is 0 Å². The Morgan fingerprint density at radius 3 is 2.65 bits per heavy atom. The molecule has 0 aliphatic carbocycles. The lowest BCUT2D eigenvalue weighted by Gasteiger charge is -2.12. The SMILES string of the molecule is CCCCOc1ccc(CCNC(=NC)NCCCn2cccn2)cc1. The van der Waals surface area contributed by atoms with Gasteiger partial charge in [0.05, 0.1) is 6.61 Å². The van der Waals surface area contributed by atoms with Crippen LogP contribution in [0, 0.1) is 0 Å². The Hall–Kier alpha value is -2.50. The number of rotatable bonds is 11. The van der Waals surface area contributed by atoms with Gasteiger partial charge < -0.3 is 15.4 Å². The van der Waals surface area contributed by atoms with Crippen molar-refractivity contribution in [2.75, 3.05) is 26.7 Å². The second-order valence-corrected chi connectivity index (χ2v) is 6.14. The number of nitrogens with one attached hydrogen (secondary N) is 2. The second-order valence-electron chi connectivity index (χ2n) is 6.14. The van der Waals surface area contributed by atoms with Gasteiger partial charge in [-0.3, -0.25) is 9.67 Å². The molecule has 2 rings (SSSR count). The predicted molar refractivity (Wildman–Crippen MR) is 107 cm³/mol. The van der Waals surface area contributed by atoms with Gasteiger partial charge in [0.1, 0.15) is 5.75 Å². The van der Waals surface area contributed by atoms with Gasteiger partial charge in [0, 0.05) is 39.1 Å². The van der Waals surface area contributed by atoms with E-state index in [0.29, 0.717) is 0 Å². The van der Waals surface area contributed by atoms with E-state index in [1.807, 2.05) is 29.1 Å². The highest BCUT2D eigenvalue weighted by molar-refractivity contribution is 5.79. The summed E-state index contributed by atoms with van der Waals surface area (Å²) in [6, 6.07) is 10.3. The highest BCUT2D eigenvalue weighted by Gasteiger charge is 1.99. The molecule has 1 aromatic carbocycles. The molecule has 0 aliphatic rings. The molecular weight excluding hydrogens is 326 g/mol. The number of guanidine groups is 1. The number of aromatic nitrogens is 2. The standard InChI is InChI=1S/C20H31N5O/c1-3-4-17-26-19-9-7-18(8-10-19)11-14-23-20(21-2)22-12-5-15-25-16-6-13-24-25/h6-10,13,16H,3-5,11-12,14-15,17H2,1-2H3,(H2,21,22,23). The zero-order chi connectivity index (χ0) is 18.5. The zero-order valence-electron chi connectivity index (χ0n) is 15.9. The minimum absolute atomic E-state index is 0.791. The molecule has 0 unspecified atom stereocenters. The van der Waals surface area contributed by atoms with Crippen LogP contribution in [0.25, 0.3) is 0 Å². The van der Waals surface area contributed by atoms with Crippen LogP contribution in [0.5, 0.6) is 5.75 Å². The molecule has 1 heterocycles. The van der Waals surface area contributed by atoms with Crippen molar-refractivity contribution in [3.63, 3.8) is 0 Å². The predicted octanol–water partition coefficient (Wildman–Crippen LogP) is 2.86. The number of aliphatic imine (C=N–C) groups is 1. The summed E-state index contributed by atoms with van der Waals surface area (Å²) in [6.07, 6.45) is 7.98. The van der Waals surface area contributed by atoms with Gasteiger partial charge in [0.25, 0.3) is 0 Å². The molecule has 6 heteroatoms. The molecule has 2 N–H and O–H groups in total. The normalized spacial score (nSPS) is 11.4. The molecule has 0 bridgehead atoms. The third-order valence-corrected chi connectivity index (χ3v) is 4.04. The first kappa shape index (κ1) is 19.8. The third kappa shape index (κ3) is 7.59. The fraction of sp³-hybridized carbons (Fsp3) is 0.500. The number of hydrogen-bond donors (Lipinski definition) is 2. The monoisotopic (exact) mass is 357 g/mol. The molecule has 0 atom stereocenters. The van der Waals surface area contributed by atoms with E-state index in [0.717, 1.165) is 63.6 Å². The van der Waals surface area contributed by atoms with E-state index in [1.165, 1.54) is 5.56 Å². The average Bonchev–Trinajstić information content (AvgIpc) is 3.18. The van der Waals surface area contributed by atoms with Gasteiger partial charge in [-0.2, -0.15) is 5.10 Å². The van der Waals surface area contributed by atoms with Crippen LogP contribution in [-0.4, -0.2) is 42.5 Å². The Labute approximate surface area is 156 Å². The molecule has 0 aliphatic heterocycles. The van der Waals surface area contributed by atoms with E-state index in [-0.39, 0.29) is 0 Å². The topological polar surface area (TPSA) is 63.5 Å². The van der Waals surface area contributed by atoms with E-state index in [9.17, 15) is 0 Å². The lowest BCUT2D eigenvalue weighted by Crippen LogP contribution is -2.39. The quantitative estimate of drug-likeness (QED) is 0.369. The Kier molecular flexibility index (Phi) is 9.11. The fourth-order valence-electron chi connectivity index (χ4n) is 2.51. The zero-order valence-corrected chi connectivity index (χ0v) is 15.9. The Balaban J connectivity index is 1.60. The van der Waals surface area contributed by atoms with Crippen LogP contribution >= 0.6 is 0 Å². The van der Waals surface area contributed by atoms with Gasteiger partial charge in [-0.05, 0) is 43.0 Å². The summed E-state index contributed by atoms with van der Waals surface area (Å²) in [5.41, 5.74) is 1.29. The lowest BCUT2D eigenvalue weighted by molar-refractivity contribution is 0.309. The second kappa shape index (κ2) is 12.0. The van der Waals surface area contributed by atoms with Crippen LogP contribution in [0.2, 0.25) is 0 Å². The van der Waals surface area contributed by atoms with Crippen molar-refractivity contribution in [1.29, 1.82) is 0 Å². The molecule has 0 fully saturated rings. The third-order valence-electron chi connectivity index (χ3n) is 4.04. The summed E-state index contributed by atoms with van der Waals surface area (Å²) in [7, 11) is 1.80. The molecular formula is C20H31N5O. The highest BCUT2D eigenvalue weighted by atomic mass is 16.5. The van der Waals surface area contributed by atoms with Crippen molar-refractivity contribution >= 4 is 5.96 Å². The summed E-state index contributed by atoms with van der Waals surface area (Å²) in [5.74, 6) is 1.79. The van der Waals surface area contributed by atoms with Crippen molar-refractivity contribution in [3.8, 4) is 5.75 Å². The summed E-state index contributed by atoms with van der Waals surface area (Å²) in [5, 5.41) is 10.9. The van der Waals surface area contributed by atoms with Crippen LogP contribution < -0.4 is 15.4 Å². The maximum absolute atomic E-state index is 5.69. The molecule has 6 nitrogen and oxygen atoms in total. The molecule has 1 aromatic heterocycles. The summed E-state index contributed by atoms with van der Waals surface area (Å²) >= 11 is 0. The smallest absolute Gasteiger partial charge is 0.190 e. The van der Waals surface area contributed by atoms with Gasteiger partial charge in [-0.25, -0.2) is 0 Å². The van der Waals surface area contributed by atoms with E-state index in [1.54, 1.807) is 13.2 Å². The number of aryl methyl sites for hydroxylation is 1. The number of benzene rings is 1. The molecule has 2 aromatic rings. The number of nitrogens with zero attached hydrogens (tertiary/aromatic N) is 3. The first-order valence-electron chi connectivity index (χ1n) is 9.45. The van der Waals surface area contributed by atoms with Crippen molar-refractivity contribution in [2.24, 2.45) is 4.99 Å². The van der Waals surface area contributed by atoms with Crippen LogP contribution in [-0.2, 0) is 13.0 Å². The van der Waals surface area contributed by atoms with Gasteiger partial charge in [0.2, 0.25) is 0 Å². The van der Waals surface area contributed by atoms with Crippen LogP contribution in [0.1, 0.15) is 31.7 Å². The summed E-state index contributed by atoms with van der Waals surface area (Å²) < 4.78 is 7.63. The van der Waals surface area contributed by atoms with E-state index < -0.39 is 0 Å². The molecule has 26 heavy (non-hydrogen) atoms. The van der Waals surface area contributed by atoms with Crippen LogP contribution in [0.3, 0.4) is 0 Å². The number of hydrogen-bond acceptors (Lipinski definition) is 3. The minimum atomic E-state index is 0.791. The van der Waals surface area contributed by atoms with Gasteiger partial charge in [0.15, 0.2) is 5.96 Å². The molecule has 0 radical (unpaired) electrons. The minimum Gasteiger partial charge on any atom is -0.494 e. The van der Waals surface area contributed by atoms with Crippen molar-refractivity contribution in [3.05, 3.63) is 48.3 Å². The number of ether oxygens (including phenoxy) is 1. The Morgan fingerprint density at radius 2 is 1.96 bits per heavy atom. The Morgan fingerprint density at radius 1 is 1.15 bits per heavy atom. The molecule has 0 spiro atoms. The fourth-order valence-corrected chi connectivity index (χ4v) is 2.51. The summed E-state index contributed by atoms with van der Waals surface area (Å²) in [6.45, 7) is 5.57. The van der Waals surface area contributed by atoms with Gasteiger partial charge >= 0.3 is 0 Å². The highest BCUT2D eigenvalue weighted by Crippen LogP contribution is 2.12. The Bertz CT molecular complexity index is 622. The van der Waals surface area contributed by atoms with Gasteiger partial charge in [-0.1, -0.05) is 25.5 Å². The molecule has 142 valence electrons.